The first kappa shape index (κ1) is 14.4. The molecule has 1 aromatic rings. The summed E-state index contributed by atoms with van der Waals surface area (Å²) in [6.07, 6.45) is 6.50. The average molecular weight is 293 g/mol. The van der Waals surface area contributed by atoms with E-state index in [1.807, 2.05) is 12.1 Å². The molecule has 2 fully saturated rings. The third kappa shape index (κ3) is 3.55. The van der Waals surface area contributed by atoms with Crippen molar-refractivity contribution in [2.75, 3.05) is 13.1 Å². The molecule has 3 rings (SSSR count). The summed E-state index contributed by atoms with van der Waals surface area (Å²) in [6, 6.07) is 10.3. The fraction of sp³-hybridized carbons (Fsp3) is 0.647. The van der Waals surface area contributed by atoms with Crippen LogP contribution in [0.25, 0.3) is 0 Å². The molecule has 3 atom stereocenters. The van der Waals surface area contributed by atoms with E-state index in [2.05, 4.69) is 29.3 Å². The summed E-state index contributed by atoms with van der Waals surface area (Å²) in [5.41, 5.74) is 1.33. The Balaban J connectivity index is 1.50. The molecule has 20 heavy (non-hydrogen) atoms. The van der Waals surface area contributed by atoms with E-state index < -0.39 is 0 Å². The first-order valence-electron chi connectivity index (χ1n) is 7.95. The summed E-state index contributed by atoms with van der Waals surface area (Å²) in [4.78, 5) is 2.68. The molecular weight excluding hydrogens is 268 g/mol. The molecule has 1 aromatic carbocycles. The van der Waals surface area contributed by atoms with Gasteiger partial charge in [-0.15, -0.1) is 0 Å². The van der Waals surface area contributed by atoms with Crippen LogP contribution in [0.1, 0.15) is 38.2 Å². The quantitative estimate of drug-likeness (QED) is 0.914. The van der Waals surface area contributed by atoms with E-state index in [1.165, 1.54) is 44.3 Å². The van der Waals surface area contributed by atoms with E-state index in [0.29, 0.717) is 12.1 Å². The largest absolute Gasteiger partial charge is 0.311 e. The monoisotopic (exact) mass is 292 g/mol. The number of fused-ring (bicyclic) bond motifs is 1. The number of nitrogens with zero attached hydrogens (tertiary/aromatic N) is 1. The zero-order valence-corrected chi connectivity index (χ0v) is 13.1. The van der Waals surface area contributed by atoms with E-state index in [4.69, 9.17) is 11.6 Å². The molecule has 2 aliphatic heterocycles. The molecule has 0 bridgehead atoms. The van der Waals surface area contributed by atoms with Crippen LogP contribution in [0.15, 0.2) is 24.3 Å². The van der Waals surface area contributed by atoms with Gasteiger partial charge in [-0.05, 0) is 69.8 Å². The molecule has 0 spiro atoms. The number of hydrogen-bond acceptors (Lipinski definition) is 2. The highest BCUT2D eigenvalue weighted by atomic mass is 35.5. The van der Waals surface area contributed by atoms with Crippen LogP contribution in [0, 0.1) is 0 Å². The van der Waals surface area contributed by atoms with Crippen molar-refractivity contribution in [2.45, 2.75) is 57.2 Å². The second kappa shape index (κ2) is 6.46. The van der Waals surface area contributed by atoms with Gasteiger partial charge in [-0.3, -0.25) is 0 Å². The first-order chi connectivity index (χ1) is 9.70. The Bertz CT molecular complexity index is 448. The van der Waals surface area contributed by atoms with Gasteiger partial charge in [-0.25, -0.2) is 0 Å². The Kier molecular flexibility index (Phi) is 4.65. The van der Waals surface area contributed by atoms with Crippen LogP contribution in [-0.4, -0.2) is 36.1 Å². The van der Waals surface area contributed by atoms with Gasteiger partial charge in [0.25, 0.3) is 0 Å². The van der Waals surface area contributed by atoms with Crippen molar-refractivity contribution in [2.24, 2.45) is 0 Å². The van der Waals surface area contributed by atoms with Crippen LogP contribution in [-0.2, 0) is 6.42 Å². The van der Waals surface area contributed by atoms with Gasteiger partial charge in [0.2, 0.25) is 0 Å². The second-order valence-corrected chi connectivity index (χ2v) is 6.89. The topological polar surface area (TPSA) is 15.3 Å². The molecule has 3 unspecified atom stereocenters. The molecule has 2 heterocycles. The summed E-state index contributed by atoms with van der Waals surface area (Å²) >= 11 is 6.06. The smallest absolute Gasteiger partial charge is 0.0408 e. The van der Waals surface area contributed by atoms with Crippen molar-refractivity contribution in [3.63, 3.8) is 0 Å². The highest BCUT2D eigenvalue weighted by molar-refractivity contribution is 6.30. The maximum absolute atomic E-state index is 6.06. The van der Waals surface area contributed by atoms with Crippen LogP contribution >= 0.6 is 11.6 Å². The minimum atomic E-state index is 0.520. The van der Waals surface area contributed by atoms with Crippen molar-refractivity contribution >= 4 is 11.6 Å². The molecule has 2 aliphatic rings. The summed E-state index contributed by atoms with van der Waals surface area (Å²) in [7, 11) is 0. The average Bonchev–Trinajstić information content (AvgIpc) is 2.86. The Morgan fingerprint density at radius 3 is 3.10 bits per heavy atom. The molecule has 3 heteroatoms. The molecule has 1 N–H and O–H groups in total. The number of piperidine rings is 1. The van der Waals surface area contributed by atoms with Crippen LogP contribution in [0.4, 0.5) is 0 Å². The molecule has 0 radical (unpaired) electrons. The first-order valence-corrected chi connectivity index (χ1v) is 8.33. The van der Waals surface area contributed by atoms with Crippen molar-refractivity contribution < 1.29 is 0 Å². The molecule has 0 aromatic heterocycles. The van der Waals surface area contributed by atoms with Gasteiger partial charge >= 0.3 is 0 Å². The molecule has 0 saturated carbocycles. The van der Waals surface area contributed by atoms with Crippen molar-refractivity contribution in [1.29, 1.82) is 0 Å². The summed E-state index contributed by atoms with van der Waals surface area (Å²) in [6.45, 7) is 4.91. The van der Waals surface area contributed by atoms with Crippen molar-refractivity contribution in [1.82, 2.24) is 10.2 Å². The van der Waals surface area contributed by atoms with E-state index in [9.17, 15) is 0 Å². The minimum absolute atomic E-state index is 0.520. The molecular formula is C17H25ClN2. The molecule has 0 amide bonds. The lowest BCUT2D eigenvalue weighted by Gasteiger charge is -2.36. The molecule has 0 aliphatic carbocycles. The van der Waals surface area contributed by atoms with Gasteiger partial charge < -0.3 is 10.2 Å². The number of halogens is 1. The van der Waals surface area contributed by atoms with Gasteiger partial charge in [0.05, 0.1) is 0 Å². The van der Waals surface area contributed by atoms with Gasteiger partial charge in [0, 0.05) is 23.1 Å². The van der Waals surface area contributed by atoms with E-state index in [-0.39, 0.29) is 0 Å². The summed E-state index contributed by atoms with van der Waals surface area (Å²) in [5, 5.41) is 4.67. The lowest BCUT2D eigenvalue weighted by molar-refractivity contribution is 0.162. The number of hydrogen-bond donors (Lipinski definition) is 1. The van der Waals surface area contributed by atoms with Crippen LogP contribution in [0.5, 0.6) is 0 Å². The maximum Gasteiger partial charge on any atom is 0.0408 e. The third-order valence-electron chi connectivity index (χ3n) is 4.77. The van der Waals surface area contributed by atoms with E-state index in [0.717, 1.165) is 17.5 Å². The standard InChI is InChI=1S/C17H25ClN2/c1-13(10-14-4-2-5-15(18)11-14)19-16-7-9-20-8-3-6-17(20)12-16/h2,4-5,11,13,16-17,19H,3,6-10,12H2,1H3. The van der Waals surface area contributed by atoms with Gasteiger partial charge in [-0.2, -0.15) is 0 Å². The third-order valence-corrected chi connectivity index (χ3v) is 5.01. The number of nitrogens with one attached hydrogen (secondary N) is 1. The normalized spacial score (nSPS) is 28.3. The number of rotatable bonds is 4. The predicted molar refractivity (Wildman–Crippen MR) is 85.4 cm³/mol. The van der Waals surface area contributed by atoms with Crippen LogP contribution in [0.3, 0.4) is 0 Å². The lowest BCUT2D eigenvalue weighted by atomic mass is 9.96. The Morgan fingerprint density at radius 1 is 1.35 bits per heavy atom. The highest BCUT2D eigenvalue weighted by Crippen LogP contribution is 2.27. The molecule has 110 valence electrons. The van der Waals surface area contributed by atoms with Crippen LogP contribution < -0.4 is 5.32 Å². The van der Waals surface area contributed by atoms with Crippen molar-refractivity contribution in [3.8, 4) is 0 Å². The summed E-state index contributed by atoms with van der Waals surface area (Å²) in [5.74, 6) is 0. The lowest BCUT2D eigenvalue weighted by Crippen LogP contribution is -2.48. The van der Waals surface area contributed by atoms with Gasteiger partial charge in [0.15, 0.2) is 0 Å². The van der Waals surface area contributed by atoms with Crippen LogP contribution in [0.2, 0.25) is 5.02 Å². The summed E-state index contributed by atoms with van der Waals surface area (Å²) < 4.78 is 0. The molecule has 2 saturated heterocycles. The van der Waals surface area contributed by atoms with E-state index in [1.54, 1.807) is 0 Å². The van der Waals surface area contributed by atoms with Crippen molar-refractivity contribution in [3.05, 3.63) is 34.9 Å². The highest BCUT2D eigenvalue weighted by Gasteiger charge is 2.31. The maximum atomic E-state index is 6.06. The Hall–Kier alpha value is -0.570. The minimum Gasteiger partial charge on any atom is -0.311 e. The van der Waals surface area contributed by atoms with Gasteiger partial charge in [-0.1, -0.05) is 23.7 Å². The SMILES string of the molecule is CC(Cc1cccc(Cl)c1)NC1CCN2CCCC2C1. The second-order valence-electron chi connectivity index (χ2n) is 6.46. The Morgan fingerprint density at radius 2 is 2.25 bits per heavy atom. The predicted octanol–water partition coefficient (Wildman–Crippen LogP) is 3.49. The fourth-order valence-electron chi connectivity index (χ4n) is 3.85. The van der Waals surface area contributed by atoms with Gasteiger partial charge in [0.1, 0.15) is 0 Å². The zero-order chi connectivity index (χ0) is 13.9. The fourth-order valence-corrected chi connectivity index (χ4v) is 4.07. The zero-order valence-electron chi connectivity index (χ0n) is 12.3. The number of benzene rings is 1. The Labute approximate surface area is 127 Å². The molecule has 2 nitrogen and oxygen atoms in total. The van der Waals surface area contributed by atoms with E-state index >= 15 is 0 Å².